The molecule has 2 rings (SSSR count). The van der Waals surface area contributed by atoms with Crippen LogP contribution < -0.4 is 5.32 Å². The second kappa shape index (κ2) is 12.9. The minimum atomic E-state index is -1.01. The van der Waals surface area contributed by atoms with Crippen molar-refractivity contribution in [3.63, 3.8) is 0 Å². The number of carbonyl (C=O) groups excluding carboxylic acids is 2. The van der Waals surface area contributed by atoms with E-state index in [0.717, 1.165) is 16.7 Å². The van der Waals surface area contributed by atoms with Gasteiger partial charge in [-0.1, -0.05) is 54.6 Å². The predicted molar refractivity (Wildman–Crippen MR) is 114 cm³/mol. The molecule has 0 radical (unpaired) electrons. The summed E-state index contributed by atoms with van der Waals surface area (Å²) in [5, 5.41) is 2.49. The highest BCUT2D eigenvalue weighted by molar-refractivity contribution is 5.81. The zero-order chi connectivity index (χ0) is 22.6. The fourth-order valence-corrected chi connectivity index (χ4v) is 2.67. The topological polar surface area (TPSA) is 92.3 Å². The Hall–Kier alpha value is -2.68. The molecule has 8 heteroatoms. The number of cyclic esters (lactones) is 1. The van der Waals surface area contributed by atoms with E-state index in [2.05, 4.69) is 18.5 Å². The highest BCUT2D eigenvalue weighted by atomic mass is 16.6. The van der Waals surface area contributed by atoms with Crippen molar-refractivity contribution in [1.29, 1.82) is 0 Å². The van der Waals surface area contributed by atoms with Crippen LogP contribution >= 0.6 is 0 Å². The summed E-state index contributed by atoms with van der Waals surface area (Å²) in [4.78, 5) is 24.6. The molecule has 0 aromatic heterocycles. The third-order valence-corrected chi connectivity index (χ3v) is 4.25. The smallest absolute Gasteiger partial charge is 0.408 e. The molecule has 1 aliphatic heterocycles. The van der Waals surface area contributed by atoms with Crippen LogP contribution in [0.1, 0.15) is 19.4 Å². The van der Waals surface area contributed by atoms with Crippen LogP contribution in [-0.4, -0.2) is 63.3 Å². The van der Waals surface area contributed by atoms with E-state index in [4.69, 9.17) is 23.7 Å². The molecule has 1 saturated heterocycles. The molecular weight excluding hydrogens is 402 g/mol. The van der Waals surface area contributed by atoms with Gasteiger partial charge in [-0.2, -0.15) is 0 Å². The molecule has 1 amide bonds. The minimum absolute atomic E-state index is 0.0480. The Morgan fingerprint density at radius 3 is 2.26 bits per heavy atom. The second-order valence-corrected chi connectivity index (χ2v) is 7.54. The van der Waals surface area contributed by atoms with E-state index in [1.54, 1.807) is 0 Å². The Balaban J connectivity index is 1.94. The van der Waals surface area contributed by atoms with Crippen molar-refractivity contribution < 1.29 is 33.3 Å². The monoisotopic (exact) mass is 433 g/mol. The first-order valence-corrected chi connectivity index (χ1v) is 10.1. The van der Waals surface area contributed by atoms with Crippen molar-refractivity contribution >= 4 is 12.1 Å². The van der Waals surface area contributed by atoms with Gasteiger partial charge < -0.3 is 29.0 Å². The van der Waals surface area contributed by atoms with Crippen LogP contribution in [0.15, 0.2) is 54.6 Å². The maximum atomic E-state index is 12.5. The summed E-state index contributed by atoms with van der Waals surface area (Å²) in [7, 11) is 0. The lowest BCUT2D eigenvalue weighted by Crippen LogP contribution is -2.45. The van der Waals surface area contributed by atoms with E-state index in [1.807, 2.05) is 44.2 Å². The van der Waals surface area contributed by atoms with E-state index in [1.165, 1.54) is 0 Å². The molecule has 0 bridgehead atoms. The van der Waals surface area contributed by atoms with Gasteiger partial charge in [-0.05, 0) is 19.4 Å². The lowest BCUT2D eigenvalue weighted by Gasteiger charge is -2.26. The summed E-state index contributed by atoms with van der Waals surface area (Å²) in [6.45, 7) is 12.1. The van der Waals surface area contributed by atoms with Crippen LogP contribution in [0, 0.1) is 0 Å². The molecular formula is C23H31NO7. The number of carbonyl (C=O) groups is 2. The Morgan fingerprint density at radius 1 is 1.03 bits per heavy atom. The van der Waals surface area contributed by atoms with Gasteiger partial charge >= 0.3 is 12.1 Å². The summed E-state index contributed by atoms with van der Waals surface area (Å²) in [6, 6.07) is 8.22. The average molecular weight is 434 g/mol. The molecule has 1 N–H and O–H groups in total. The first kappa shape index (κ1) is 24.6. The number of nitrogens with one attached hydrogen (secondary N) is 1. The number of amides is 1. The summed E-state index contributed by atoms with van der Waals surface area (Å²) in [6.07, 6.45) is -1.77. The van der Waals surface area contributed by atoms with E-state index < -0.39 is 30.3 Å². The fraction of sp³-hybridized carbons (Fsp3) is 0.478. The molecule has 0 saturated carbocycles. The number of ether oxygens (including phenoxy) is 5. The third-order valence-electron chi connectivity index (χ3n) is 4.25. The summed E-state index contributed by atoms with van der Waals surface area (Å²) in [5.74, 6) is -0.638. The van der Waals surface area contributed by atoms with Gasteiger partial charge in [0.1, 0.15) is 25.4 Å². The fourth-order valence-electron chi connectivity index (χ4n) is 2.67. The third kappa shape index (κ3) is 9.33. The van der Waals surface area contributed by atoms with E-state index >= 15 is 0 Å². The van der Waals surface area contributed by atoms with Crippen LogP contribution in [0.4, 0.5) is 4.79 Å². The van der Waals surface area contributed by atoms with Gasteiger partial charge in [-0.3, -0.25) is 0 Å². The van der Waals surface area contributed by atoms with E-state index in [9.17, 15) is 9.59 Å². The van der Waals surface area contributed by atoms with Gasteiger partial charge in [0.15, 0.2) is 6.04 Å². The van der Waals surface area contributed by atoms with Crippen LogP contribution in [0.25, 0.3) is 0 Å². The van der Waals surface area contributed by atoms with Crippen LogP contribution in [0.5, 0.6) is 0 Å². The molecule has 1 aliphatic rings. The number of hydrogen-bond donors (Lipinski definition) is 1. The number of rotatable bonds is 9. The first-order valence-electron chi connectivity index (χ1n) is 10.1. The molecule has 3 atom stereocenters. The lowest BCUT2D eigenvalue weighted by molar-refractivity contribution is -0.153. The summed E-state index contributed by atoms with van der Waals surface area (Å²) < 4.78 is 27.8. The van der Waals surface area contributed by atoms with Gasteiger partial charge in [0.2, 0.25) is 0 Å². The van der Waals surface area contributed by atoms with Crippen molar-refractivity contribution in [2.45, 2.75) is 38.7 Å². The Kier molecular flexibility index (Phi) is 10.2. The van der Waals surface area contributed by atoms with Crippen molar-refractivity contribution in [1.82, 2.24) is 5.32 Å². The van der Waals surface area contributed by atoms with Crippen LogP contribution in [-0.2, 0) is 35.1 Å². The quantitative estimate of drug-likeness (QED) is 0.473. The van der Waals surface area contributed by atoms with Crippen molar-refractivity contribution in [2.24, 2.45) is 0 Å². The van der Waals surface area contributed by atoms with Gasteiger partial charge in [0.05, 0.1) is 26.4 Å². The van der Waals surface area contributed by atoms with Gasteiger partial charge in [0, 0.05) is 0 Å². The lowest BCUT2D eigenvalue weighted by atomic mass is 10.2. The number of esters is 1. The number of benzene rings is 1. The molecule has 1 fully saturated rings. The van der Waals surface area contributed by atoms with E-state index in [0.29, 0.717) is 13.2 Å². The molecule has 170 valence electrons. The minimum Gasteiger partial charge on any atom is -0.461 e. The van der Waals surface area contributed by atoms with Crippen molar-refractivity contribution in [3.8, 4) is 0 Å². The standard InChI is InChI=1S/C23H31NO7/c1-16(2)10-28-20-14-27-13-19(22(25)30-15-21(20)29-11-17(3)4)24-23(26)31-12-18-8-6-5-7-9-18/h5-9,19-21H,1,3,10-15H2,2,4H3,(H,24,26)/t19-,20-,21-/m0/s1. The zero-order valence-electron chi connectivity index (χ0n) is 18.1. The normalized spacial score (nSPS) is 21.7. The largest absolute Gasteiger partial charge is 0.461 e. The van der Waals surface area contributed by atoms with Gasteiger partial charge in [-0.25, -0.2) is 9.59 Å². The number of hydrogen-bond acceptors (Lipinski definition) is 7. The predicted octanol–water partition coefficient (Wildman–Crippen LogP) is 2.78. The molecule has 0 spiro atoms. The summed E-state index contributed by atoms with van der Waals surface area (Å²) >= 11 is 0. The van der Waals surface area contributed by atoms with Crippen molar-refractivity contribution in [2.75, 3.05) is 33.0 Å². The van der Waals surface area contributed by atoms with Gasteiger partial charge in [0.25, 0.3) is 0 Å². The maximum Gasteiger partial charge on any atom is 0.408 e. The van der Waals surface area contributed by atoms with Crippen LogP contribution in [0.3, 0.4) is 0 Å². The molecule has 0 unspecified atom stereocenters. The molecule has 0 aliphatic carbocycles. The Labute approximate surface area is 183 Å². The van der Waals surface area contributed by atoms with Crippen molar-refractivity contribution in [3.05, 3.63) is 60.2 Å². The maximum absolute atomic E-state index is 12.5. The van der Waals surface area contributed by atoms with E-state index in [-0.39, 0.29) is 26.4 Å². The second-order valence-electron chi connectivity index (χ2n) is 7.54. The molecule has 1 heterocycles. The first-order chi connectivity index (χ1) is 14.8. The van der Waals surface area contributed by atoms with Crippen LogP contribution in [0.2, 0.25) is 0 Å². The molecule has 8 nitrogen and oxygen atoms in total. The molecule has 31 heavy (non-hydrogen) atoms. The highest BCUT2D eigenvalue weighted by Gasteiger charge is 2.31. The highest BCUT2D eigenvalue weighted by Crippen LogP contribution is 2.13. The Bertz CT molecular complexity index is 750. The summed E-state index contributed by atoms with van der Waals surface area (Å²) in [5.41, 5.74) is 2.50. The SMILES string of the molecule is C=C(C)CO[C@H]1COC[C@H](NC(=O)OCc2ccccc2)C(=O)OC[C@@H]1OCC(=C)C. The Morgan fingerprint density at radius 2 is 1.65 bits per heavy atom. The van der Waals surface area contributed by atoms with Gasteiger partial charge in [-0.15, -0.1) is 0 Å². The molecule has 1 aromatic rings. The molecule has 1 aromatic carbocycles. The zero-order valence-corrected chi connectivity index (χ0v) is 18.1. The number of alkyl carbamates (subject to hydrolysis) is 1. The average Bonchev–Trinajstić information content (AvgIpc) is 2.80.